The minimum atomic E-state index is -4.54. The van der Waals surface area contributed by atoms with Gasteiger partial charge >= 0.3 is 46.6 Å². The number of carboxylic acids is 3. The molecular weight excluding hydrogens is 1710 g/mol. The number of amides is 6. The fraction of sp³-hybridized carbons (Fsp3) is 0.653. The Labute approximate surface area is 703 Å². The molecule has 6 amide bonds. The summed E-state index contributed by atoms with van der Waals surface area (Å²) >= 11 is 5.58. The van der Waals surface area contributed by atoms with Gasteiger partial charge in [0.1, 0.15) is 48.2 Å². The van der Waals surface area contributed by atoms with Gasteiger partial charge in [-0.05, 0) is 87.7 Å². The summed E-state index contributed by atoms with van der Waals surface area (Å²) in [5, 5.41) is 144. The van der Waals surface area contributed by atoms with Crippen LogP contribution in [0.5, 0.6) is 0 Å². The van der Waals surface area contributed by atoms with Gasteiger partial charge in [0, 0.05) is 101 Å². The second kappa shape index (κ2) is 59.5. The molecule has 0 radical (unpaired) electrons. The molecule has 3 rings (SSSR count). The molecule has 17 atom stereocenters. The number of halogens is 3. The van der Waals surface area contributed by atoms with Crippen LogP contribution in [0.25, 0.3) is 16.4 Å². The molecule has 120 heavy (non-hydrogen) atoms. The van der Waals surface area contributed by atoms with E-state index in [4.69, 9.17) is 38.1 Å². The number of ketones is 4. The molecule has 1 fully saturated rings. The van der Waals surface area contributed by atoms with Gasteiger partial charge in [0.25, 0.3) is 5.97 Å². The first kappa shape index (κ1) is 110. The number of nitrogens with zero attached hydrogens (tertiary/aromatic N) is 3. The molecule has 1 aliphatic rings. The van der Waals surface area contributed by atoms with E-state index >= 15 is 0 Å². The fourth-order valence-corrected chi connectivity index (χ4v) is 12.3. The monoisotopic (exact) mass is 1820 g/mol. The van der Waals surface area contributed by atoms with Crippen molar-refractivity contribution in [3.63, 3.8) is 0 Å². The average Bonchev–Trinajstić information content (AvgIpc) is 0.808. The van der Waals surface area contributed by atoms with Crippen LogP contribution >= 0.6 is 0 Å². The van der Waals surface area contributed by atoms with E-state index in [0.717, 1.165) is 43.5 Å². The Morgan fingerprint density at radius 2 is 1.12 bits per heavy atom. The number of nitrogens with one attached hydrogen (secondary N) is 5. The van der Waals surface area contributed by atoms with Crippen LogP contribution in [0.3, 0.4) is 0 Å². The first-order valence-electron chi connectivity index (χ1n) is 37.9. The molecule has 40 nitrogen and oxygen atoms in total. The van der Waals surface area contributed by atoms with Crippen molar-refractivity contribution >= 4 is 95.3 Å². The number of benzene rings is 2. The van der Waals surface area contributed by atoms with Crippen molar-refractivity contribution in [2.45, 2.75) is 227 Å². The molecule has 673 valence electrons. The second-order valence-corrected chi connectivity index (χ2v) is 28.3. The normalized spacial score (nSPS) is 17.2. The number of carbonyl (C=O) groups is 13. The molecule has 1 aliphatic heterocycles. The Kier molecular flexibility index (Phi) is 54.4. The van der Waals surface area contributed by atoms with E-state index in [1.54, 1.807) is 13.0 Å². The summed E-state index contributed by atoms with van der Waals surface area (Å²) in [6.45, 7) is -0.745. The molecule has 0 bridgehead atoms. The van der Waals surface area contributed by atoms with Crippen LogP contribution < -0.4 is 21.3 Å². The number of hydrogen-bond acceptors (Lipinski definition) is 31. The molecule has 1 saturated heterocycles. The molecular formula is C75H107F3N8O32STc. The maximum atomic E-state index is 14.6. The Bertz CT molecular complexity index is 3600. The third kappa shape index (κ3) is 43.0. The van der Waals surface area contributed by atoms with E-state index in [2.05, 4.69) is 44.5 Å². The number of carbonyl (C=O) groups excluding carboxylic acids is 12. The minimum absolute atomic E-state index is 0.00760. The van der Waals surface area contributed by atoms with Crippen LogP contribution in [-0.4, -0.2) is 311 Å². The quantitative estimate of drug-likeness (QED) is 0.0259. The van der Waals surface area contributed by atoms with Gasteiger partial charge < -0.3 is 140 Å². The van der Waals surface area contributed by atoms with Gasteiger partial charge in [-0.3, -0.25) is 57.6 Å². The van der Waals surface area contributed by atoms with Crippen molar-refractivity contribution in [2.24, 2.45) is 11.8 Å². The predicted molar refractivity (Wildman–Crippen MR) is 404 cm³/mol. The molecule has 2 aromatic rings. The van der Waals surface area contributed by atoms with E-state index in [9.17, 15) is 137 Å². The number of aliphatic hydroxyl groups excluding tert-OH is 10. The summed E-state index contributed by atoms with van der Waals surface area (Å²) in [6, 6.07) is 3.77. The second-order valence-electron chi connectivity index (χ2n) is 28.0. The van der Waals surface area contributed by atoms with Gasteiger partial charge in [-0.25, -0.2) is 0 Å². The Hall–Kier alpha value is -8.28. The summed E-state index contributed by atoms with van der Waals surface area (Å²) in [5.74, 6) is -18.2. The summed E-state index contributed by atoms with van der Waals surface area (Å²) in [5.41, 5.74) is 9.25. The Morgan fingerprint density at radius 3 is 1.62 bits per heavy atom. The zero-order chi connectivity index (χ0) is 90.9. The van der Waals surface area contributed by atoms with Gasteiger partial charge in [0.15, 0.2) is 11.6 Å². The van der Waals surface area contributed by atoms with Crippen molar-refractivity contribution in [3.05, 3.63) is 87.2 Å². The van der Waals surface area contributed by atoms with E-state index in [1.165, 1.54) is 0 Å². The number of aliphatic carboxylic acids is 3. The zero-order valence-corrected chi connectivity index (χ0v) is 68.4. The first-order valence-corrected chi connectivity index (χ1v) is 39.2. The molecule has 0 spiro atoms. The van der Waals surface area contributed by atoms with Crippen molar-refractivity contribution in [3.8, 4) is 0 Å². The van der Waals surface area contributed by atoms with E-state index < -0.39 is 289 Å². The summed E-state index contributed by atoms with van der Waals surface area (Å²) < 4.78 is 66.7. The van der Waals surface area contributed by atoms with Crippen LogP contribution in [0.15, 0.2) is 48.5 Å². The van der Waals surface area contributed by atoms with Crippen LogP contribution in [0.4, 0.5) is 13.2 Å². The number of aliphatic hydroxyl groups is 10. The van der Waals surface area contributed by atoms with E-state index in [-0.39, 0.29) is 70.4 Å². The summed E-state index contributed by atoms with van der Waals surface area (Å²) in [6.07, 6.45) is -28.7. The summed E-state index contributed by atoms with van der Waals surface area (Å²) in [7, 11) is 0. The number of likely N-dealkylation sites (tertiary alicyclic amines) is 1. The van der Waals surface area contributed by atoms with Crippen LogP contribution in [-0.2, 0) is 134 Å². The van der Waals surface area contributed by atoms with Gasteiger partial charge in [-0.15, -0.1) is 0 Å². The Morgan fingerprint density at radius 1 is 0.625 bits per heavy atom. The Balaban J connectivity index is 0.0000141. The van der Waals surface area contributed by atoms with Crippen LogP contribution in [0.2, 0.25) is 0 Å². The van der Waals surface area contributed by atoms with Gasteiger partial charge in [0.2, 0.25) is 23.6 Å². The summed E-state index contributed by atoms with van der Waals surface area (Å²) in [4.78, 5) is 190. The number of ether oxygens (including phenoxy) is 3. The molecule has 45 heteroatoms. The molecule has 0 aliphatic carbocycles. The van der Waals surface area contributed by atoms with Crippen LogP contribution in [0, 0.1) is 18.8 Å². The predicted octanol–water partition coefficient (Wildman–Crippen LogP) is -1.72. The van der Waals surface area contributed by atoms with Gasteiger partial charge in [-0.1, -0.05) is 67.4 Å². The molecule has 18 N–H and O–H groups in total. The maximum absolute atomic E-state index is 14.6. The number of aryl methyl sites for hydroxylation is 1. The fourth-order valence-electron chi connectivity index (χ4n) is 12.0. The number of piperidine rings is 1. The first-order chi connectivity index (χ1) is 56.6. The van der Waals surface area contributed by atoms with Gasteiger partial charge in [0.05, 0.1) is 88.2 Å². The van der Waals surface area contributed by atoms with Crippen LogP contribution in [0.1, 0.15) is 144 Å². The SMILES string of the molecule is Cc1cc(CO[C@H]2CCCN(CC(=O)CCCOCCOCCC(=O)C[C@H](CCC(=O)O)C(=O)N[C@H](CCC(=O)NC[C@H](O)[C@@H](O)[C@H](O)[C@H](O)CO)C(=O)C[C@H](CCC(=O)O)C(=O)N[C@H](CCC(=O)NC[C@H](O)[C@@H](O)[C@H](O)[C@H](O)CO)C(=O)CC[C@H]([NH-])C(=O)[N-][C@@H](C)C(=O)[N-][C@@H](C[S-])C(=O)O)[C@H]2c2ccccc2)cc(C(F)(F)F)c1.O=C=O.[O]=[99Tc+4]. The topological polar surface area (TPSA) is 667 Å². The van der Waals surface area contributed by atoms with Gasteiger partial charge in [-0.2, -0.15) is 28.5 Å². The zero-order valence-electron chi connectivity index (χ0n) is 65.8. The molecule has 1 heterocycles. The van der Waals surface area contributed by atoms with Crippen molar-refractivity contribution in [2.75, 3.05) is 71.6 Å². The number of hydrogen-bond donors (Lipinski definition) is 17. The number of Topliss-reactive ketones (excluding diaryl/α,β-unsaturated/α-hetero) is 4. The third-order valence-electron chi connectivity index (χ3n) is 18.6. The number of alkyl halides is 3. The standard InChI is InChI=1S/C74H110F3N8O29S.CO2.O.Tc/c1-40-28-42(30-46(29-40)74(75,76)77)38-114-59-11-6-23-85(64(59)43-8-4-3-5-9-43)35-48(89)10-7-24-112-26-27-113-25-22-47(88)31-44(12-20-62(98)99)70(107)83-51(16-19-61(97)80-34-56(93)66(103)68(105)58(95)37-87)54(91)32-45(13-21-63(100)101)71(108)82-50(15-18-60(96)79-33-55(92)65(102)67(104)57(94)36-86)53(90)17-14-49(78)72(109)81-41(2)69(106)84-52(39-115)73(110)111;2-1-3;;/h3-5,8-9,28-30,41,44-45,49-52,55-59,64-68,78,86-87,92-95,102-105H,6-7,10-27,31-39H2,1-2H3,(H10,79,80,81,82,83,84,96,97,98,99,100,101,106,107,108,109,110,111,115);;;/q-1;;;+4/p-3/t41-,44-,45-,49-,50+,51+,52-,55-,56-,57+,58+,59-,64-,65+,66+,67+,68+;;;/m0.../s1/i;;;1+1. The number of carboxylic acid groups (broad SMARTS) is 3. The molecule has 0 saturated carbocycles. The van der Waals surface area contributed by atoms with E-state index in [0.29, 0.717) is 36.9 Å². The number of rotatable bonds is 59. The van der Waals surface area contributed by atoms with E-state index in [1.807, 2.05) is 35.2 Å². The van der Waals surface area contributed by atoms with Crippen molar-refractivity contribution in [1.82, 2.24) is 26.2 Å². The van der Waals surface area contributed by atoms with Crippen molar-refractivity contribution in [1.29, 1.82) is 0 Å². The molecule has 0 aromatic heterocycles. The third-order valence-corrected chi connectivity index (χ3v) is 18.9. The molecule has 2 aromatic carbocycles. The average molecular weight is 1820 g/mol. The van der Waals surface area contributed by atoms with Crippen molar-refractivity contribution < 1.29 is 188 Å². The molecule has 0 unspecified atom stereocenters.